The van der Waals surface area contributed by atoms with Gasteiger partial charge in [0, 0.05) is 15.8 Å². The molecule has 1 aromatic heterocycles. The maximum absolute atomic E-state index is 12.3. The number of carbonyl (C=O) groups excluding carboxylic acids is 2. The number of pyridine rings is 1. The van der Waals surface area contributed by atoms with Crippen molar-refractivity contribution in [1.82, 2.24) is 4.98 Å². The predicted molar refractivity (Wildman–Crippen MR) is 100 cm³/mol. The fraction of sp³-hybridized carbons (Fsp3) is 0.105. The number of nitrogens with zero attached hydrogens (tertiary/aromatic N) is 3. The Labute approximate surface area is 159 Å². The number of ether oxygens (including phenoxy) is 2. The third-order valence-electron chi connectivity index (χ3n) is 3.73. The van der Waals surface area contributed by atoms with Gasteiger partial charge in [-0.2, -0.15) is 0 Å². The Bertz CT molecular complexity index is 1050. The summed E-state index contributed by atoms with van der Waals surface area (Å²) in [6, 6.07) is 13.9. The van der Waals surface area contributed by atoms with Crippen molar-refractivity contribution in [3.8, 4) is 0 Å². The molecule has 3 rings (SSSR count). The number of benzene rings is 2. The molecule has 0 fully saturated rings. The van der Waals surface area contributed by atoms with E-state index in [0.29, 0.717) is 21.5 Å². The van der Waals surface area contributed by atoms with Crippen LogP contribution in [-0.4, -0.2) is 31.1 Å². The van der Waals surface area contributed by atoms with Gasteiger partial charge in [-0.25, -0.2) is 14.6 Å². The van der Waals surface area contributed by atoms with E-state index in [0.717, 1.165) is 0 Å². The number of azo groups is 1. The second-order valence-electron chi connectivity index (χ2n) is 5.37. The molecule has 0 atom stereocenters. The Balaban J connectivity index is 2.29. The highest BCUT2D eigenvalue weighted by Crippen LogP contribution is 2.33. The molecule has 0 unspecified atom stereocenters. The summed E-state index contributed by atoms with van der Waals surface area (Å²) in [6.07, 6.45) is 0. The van der Waals surface area contributed by atoms with Crippen molar-refractivity contribution in [2.75, 3.05) is 14.2 Å². The highest BCUT2D eigenvalue weighted by molar-refractivity contribution is 6.31. The van der Waals surface area contributed by atoms with Crippen LogP contribution in [0, 0.1) is 0 Å². The van der Waals surface area contributed by atoms with E-state index >= 15 is 0 Å². The average molecular weight is 384 g/mol. The molecule has 0 bridgehead atoms. The van der Waals surface area contributed by atoms with E-state index in [1.165, 1.54) is 14.2 Å². The highest BCUT2D eigenvalue weighted by atomic mass is 35.5. The van der Waals surface area contributed by atoms with E-state index in [9.17, 15) is 9.59 Å². The van der Waals surface area contributed by atoms with Gasteiger partial charge < -0.3 is 9.47 Å². The lowest BCUT2D eigenvalue weighted by molar-refractivity contribution is 0.0552. The molecule has 2 aromatic carbocycles. The molecule has 7 nitrogen and oxygen atoms in total. The zero-order chi connectivity index (χ0) is 19.4. The number of fused-ring (bicyclic) bond motifs is 1. The number of esters is 2. The number of methoxy groups -OCH3 is 2. The smallest absolute Gasteiger partial charge is 0.357 e. The maximum atomic E-state index is 12.3. The van der Waals surface area contributed by atoms with E-state index in [1.54, 1.807) is 30.3 Å². The summed E-state index contributed by atoms with van der Waals surface area (Å²) < 4.78 is 9.56. The molecule has 0 aliphatic rings. The standard InChI is InChI=1S/C19H14ClN3O4/c1-26-18(24)15-14-10-11(20)8-9-13(14)17(21-16(15)19(25)27-2)23-22-12-6-4-3-5-7-12/h3-10H,1-2H3. The van der Waals surface area contributed by atoms with Crippen LogP contribution in [0.1, 0.15) is 20.8 Å². The first-order valence-electron chi connectivity index (χ1n) is 7.82. The van der Waals surface area contributed by atoms with E-state index in [-0.39, 0.29) is 17.1 Å². The number of halogens is 1. The molecule has 1 heterocycles. The van der Waals surface area contributed by atoms with Crippen LogP contribution in [0.5, 0.6) is 0 Å². The summed E-state index contributed by atoms with van der Waals surface area (Å²) in [7, 11) is 2.40. The van der Waals surface area contributed by atoms with E-state index in [1.807, 2.05) is 18.2 Å². The second-order valence-corrected chi connectivity index (χ2v) is 5.80. The molecule has 136 valence electrons. The van der Waals surface area contributed by atoms with Gasteiger partial charge in [0.1, 0.15) is 5.56 Å². The Kier molecular flexibility index (Phi) is 5.42. The molecule has 0 saturated carbocycles. The Morgan fingerprint density at radius 1 is 0.926 bits per heavy atom. The molecular formula is C19H14ClN3O4. The van der Waals surface area contributed by atoms with Crippen molar-refractivity contribution >= 4 is 45.8 Å². The first kappa shape index (κ1) is 18.5. The fourth-order valence-electron chi connectivity index (χ4n) is 2.50. The van der Waals surface area contributed by atoms with Crippen LogP contribution in [0.15, 0.2) is 58.8 Å². The molecule has 0 spiro atoms. The van der Waals surface area contributed by atoms with Crippen LogP contribution in [0.2, 0.25) is 5.02 Å². The summed E-state index contributed by atoms with van der Waals surface area (Å²) >= 11 is 6.09. The fourth-order valence-corrected chi connectivity index (χ4v) is 2.67. The van der Waals surface area contributed by atoms with Crippen LogP contribution in [0.3, 0.4) is 0 Å². The first-order valence-corrected chi connectivity index (χ1v) is 8.19. The molecular weight excluding hydrogens is 370 g/mol. The zero-order valence-corrected chi connectivity index (χ0v) is 15.2. The third kappa shape index (κ3) is 3.78. The van der Waals surface area contributed by atoms with Gasteiger partial charge >= 0.3 is 11.9 Å². The average Bonchev–Trinajstić information content (AvgIpc) is 2.70. The topological polar surface area (TPSA) is 90.2 Å². The molecule has 3 aromatic rings. The zero-order valence-electron chi connectivity index (χ0n) is 14.5. The van der Waals surface area contributed by atoms with Gasteiger partial charge in [0.15, 0.2) is 11.5 Å². The van der Waals surface area contributed by atoms with Crippen LogP contribution in [-0.2, 0) is 9.47 Å². The monoisotopic (exact) mass is 383 g/mol. The van der Waals surface area contributed by atoms with Crippen LogP contribution < -0.4 is 0 Å². The summed E-state index contributed by atoms with van der Waals surface area (Å²) in [5.41, 5.74) is 0.347. The largest absolute Gasteiger partial charge is 0.465 e. The number of aromatic nitrogens is 1. The number of hydrogen-bond acceptors (Lipinski definition) is 7. The van der Waals surface area contributed by atoms with E-state index in [4.69, 9.17) is 21.1 Å². The van der Waals surface area contributed by atoms with E-state index in [2.05, 4.69) is 15.2 Å². The lowest BCUT2D eigenvalue weighted by atomic mass is 10.0. The van der Waals surface area contributed by atoms with E-state index < -0.39 is 11.9 Å². The van der Waals surface area contributed by atoms with Gasteiger partial charge in [0.25, 0.3) is 0 Å². The second kappa shape index (κ2) is 7.92. The quantitative estimate of drug-likeness (QED) is 0.473. The van der Waals surface area contributed by atoms with Crippen LogP contribution in [0.25, 0.3) is 10.8 Å². The highest BCUT2D eigenvalue weighted by Gasteiger charge is 2.25. The van der Waals surface area contributed by atoms with Gasteiger partial charge in [0.05, 0.1) is 19.9 Å². The molecule has 0 amide bonds. The van der Waals surface area contributed by atoms with Gasteiger partial charge in [-0.15, -0.1) is 10.2 Å². The summed E-state index contributed by atoms with van der Waals surface area (Å²) in [5.74, 6) is -1.38. The first-order chi connectivity index (χ1) is 13.0. The third-order valence-corrected chi connectivity index (χ3v) is 3.97. The lowest BCUT2D eigenvalue weighted by Crippen LogP contribution is -2.14. The van der Waals surface area contributed by atoms with Gasteiger partial charge in [-0.05, 0) is 30.3 Å². The maximum Gasteiger partial charge on any atom is 0.357 e. The van der Waals surface area contributed by atoms with Crippen molar-refractivity contribution in [3.05, 3.63) is 64.8 Å². The molecule has 0 saturated heterocycles. The van der Waals surface area contributed by atoms with Crippen molar-refractivity contribution in [3.63, 3.8) is 0 Å². The summed E-state index contributed by atoms with van der Waals surface area (Å²) in [6.45, 7) is 0. The Morgan fingerprint density at radius 3 is 2.30 bits per heavy atom. The van der Waals surface area contributed by atoms with Crippen molar-refractivity contribution in [2.24, 2.45) is 10.2 Å². The summed E-state index contributed by atoms with van der Waals surface area (Å²) in [4.78, 5) is 28.7. The summed E-state index contributed by atoms with van der Waals surface area (Å²) in [5, 5.41) is 9.52. The Hall–Kier alpha value is -3.32. The van der Waals surface area contributed by atoms with Crippen LogP contribution >= 0.6 is 11.6 Å². The van der Waals surface area contributed by atoms with Crippen LogP contribution in [0.4, 0.5) is 11.5 Å². The number of hydrogen-bond donors (Lipinski definition) is 0. The number of rotatable bonds is 4. The minimum Gasteiger partial charge on any atom is -0.465 e. The van der Waals surface area contributed by atoms with Gasteiger partial charge in [-0.3, -0.25) is 0 Å². The molecule has 0 aliphatic carbocycles. The number of carbonyl (C=O) groups is 2. The minimum absolute atomic E-state index is 0.0412. The SMILES string of the molecule is COC(=O)c1nc(N=Nc2ccccc2)c2ccc(Cl)cc2c1C(=O)OC. The van der Waals surface area contributed by atoms with Crippen molar-refractivity contribution < 1.29 is 19.1 Å². The molecule has 0 N–H and O–H groups in total. The molecule has 0 radical (unpaired) electrons. The molecule has 0 aliphatic heterocycles. The normalized spacial score (nSPS) is 10.9. The minimum atomic E-state index is -0.798. The Morgan fingerprint density at radius 2 is 1.63 bits per heavy atom. The van der Waals surface area contributed by atoms with Crippen molar-refractivity contribution in [1.29, 1.82) is 0 Å². The van der Waals surface area contributed by atoms with Gasteiger partial charge in [0.2, 0.25) is 0 Å². The molecule has 8 heteroatoms. The van der Waals surface area contributed by atoms with Gasteiger partial charge in [-0.1, -0.05) is 29.8 Å². The predicted octanol–water partition coefficient (Wildman–Crippen LogP) is 4.88. The lowest BCUT2D eigenvalue weighted by Gasteiger charge is -2.11. The molecule has 27 heavy (non-hydrogen) atoms. The van der Waals surface area contributed by atoms with Crippen molar-refractivity contribution in [2.45, 2.75) is 0 Å².